The second-order valence-electron chi connectivity index (χ2n) is 5.43. The van der Waals surface area contributed by atoms with Gasteiger partial charge in [-0.3, -0.25) is 4.79 Å². The first-order valence-electron chi connectivity index (χ1n) is 7.36. The Morgan fingerprint density at radius 2 is 2.20 bits per heavy atom. The zero-order valence-electron chi connectivity index (χ0n) is 12.5. The summed E-state index contributed by atoms with van der Waals surface area (Å²) in [5, 5.41) is 6.30. The van der Waals surface area contributed by atoms with Crippen molar-refractivity contribution in [2.45, 2.75) is 45.7 Å². The second kappa shape index (κ2) is 6.75. The van der Waals surface area contributed by atoms with Crippen molar-refractivity contribution in [1.82, 2.24) is 10.6 Å². The Bertz CT molecular complexity index is 470. The van der Waals surface area contributed by atoms with E-state index in [9.17, 15) is 4.79 Å². The maximum absolute atomic E-state index is 11.6. The first kappa shape index (κ1) is 14.9. The quantitative estimate of drug-likeness (QED) is 0.803. The number of benzene rings is 1. The largest absolute Gasteiger partial charge is 0.484 e. The molecule has 1 saturated carbocycles. The van der Waals surface area contributed by atoms with E-state index in [-0.39, 0.29) is 12.5 Å². The minimum atomic E-state index is -0.0306. The van der Waals surface area contributed by atoms with Crippen LogP contribution in [0, 0.1) is 6.92 Å². The summed E-state index contributed by atoms with van der Waals surface area (Å²) >= 11 is 0. The molecule has 0 radical (unpaired) electrons. The Morgan fingerprint density at radius 1 is 1.45 bits per heavy atom. The lowest BCUT2D eigenvalue weighted by molar-refractivity contribution is -0.123. The minimum Gasteiger partial charge on any atom is -0.484 e. The van der Waals surface area contributed by atoms with Crippen molar-refractivity contribution in [2.75, 3.05) is 13.2 Å². The van der Waals surface area contributed by atoms with Gasteiger partial charge >= 0.3 is 0 Å². The van der Waals surface area contributed by atoms with Crippen molar-refractivity contribution in [3.63, 3.8) is 0 Å². The molecule has 2 N–H and O–H groups in total. The molecule has 1 aromatic carbocycles. The van der Waals surface area contributed by atoms with Crippen LogP contribution in [-0.4, -0.2) is 25.1 Å². The van der Waals surface area contributed by atoms with Crippen molar-refractivity contribution >= 4 is 5.91 Å². The van der Waals surface area contributed by atoms with Crippen LogP contribution in [0.3, 0.4) is 0 Å². The molecule has 1 amide bonds. The fourth-order valence-corrected chi connectivity index (χ4v) is 2.17. The van der Waals surface area contributed by atoms with Gasteiger partial charge in [-0.15, -0.1) is 0 Å². The SMILES string of the molecule is CCNC(C)c1ccc(OCC(=O)NC2CC2)c(C)c1. The number of hydrogen-bond acceptors (Lipinski definition) is 3. The van der Waals surface area contributed by atoms with Gasteiger partial charge in [0.15, 0.2) is 6.61 Å². The molecule has 1 atom stereocenters. The molecule has 1 aromatic rings. The molecular formula is C16H24N2O2. The van der Waals surface area contributed by atoms with Crippen molar-refractivity contribution in [3.8, 4) is 5.75 Å². The molecule has 0 heterocycles. The molecule has 1 fully saturated rings. The van der Waals surface area contributed by atoms with Gasteiger partial charge in [-0.05, 0) is 50.4 Å². The van der Waals surface area contributed by atoms with E-state index in [0.29, 0.717) is 12.1 Å². The molecule has 0 aliphatic heterocycles. The highest BCUT2D eigenvalue weighted by Crippen LogP contribution is 2.23. The Kier molecular flexibility index (Phi) is 5.01. The smallest absolute Gasteiger partial charge is 0.258 e. The van der Waals surface area contributed by atoms with Gasteiger partial charge < -0.3 is 15.4 Å². The molecule has 0 aromatic heterocycles. The van der Waals surface area contributed by atoms with E-state index in [0.717, 1.165) is 30.7 Å². The monoisotopic (exact) mass is 276 g/mol. The summed E-state index contributed by atoms with van der Waals surface area (Å²) in [6.45, 7) is 7.29. The van der Waals surface area contributed by atoms with Crippen molar-refractivity contribution in [2.24, 2.45) is 0 Å². The molecule has 1 aliphatic rings. The minimum absolute atomic E-state index is 0.0306. The lowest BCUT2D eigenvalue weighted by Gasteiger charge is -2.15. The number of hydrogen-bond donors (Lipinski definition) is 2. The van der Waals surface area contributed by atoms with E-state index in [1.807, 2.05) is 13.0 Å². The van der Waals surface area contributed by atoms with E-state index in [1.54, 1.807) is 0 Å². The van der Waals surface area contributed by atoms with Crippen LogP contribution in [0.15, 0.2) is 18.2 Å². The van der Waals surface area contributed by atoms with Gasteiger partial charge in [-0.1, -0.05) is 19.1 Å². The maximum atomic E-state index is 11.6. The van der Waals surface area contributed by atoms with E-state index < -0.39 is 0 Å². The molecule has 0 spiro atoms. The van der Waals surface area contributed by atoms with Crippen molar-refractivity contribution in [1.29, 1.82) is 0 Å². The Balaban J connectivity index is 1.89. The van der Waals surface area contributed by atoms with Crippen LogP contribution in [-0.2, 0) is 4.79 Å². The zero-order valence-corrected chi connectivity index (χ0v) is 12.5. The summed E-state index contributed by atoms with van der Waals surface area (Å²) in [5.74, 6) is 0.750. The molecular weight excluding hydrogens is 252 g/mol. The van der Waals surface area contributed by atoms with Crippen LogP contribution in [0.1, 0.15) is 43.9 Å². The third-order valence-corrected chi connectivity index (χ3v) is 3.51. The average Bonchev–Trinajstić information content (AvgIpc) is 3.21. The fourth-order valence-electron chi connectivity index (χ4n) is 2.17. The van der Waals surface area contributed by atoms with E-state index in [1.165, 1.54) is 5.56 Å². The summed E-state index contributed by atoms with van der Waals surface area (Å²) in [7, 11) is 0. The Hall–Kier alpha value is -1.55. The first-order valence-corrected chi connectivity index (χ1v) is 7.36. The number of nitrogens with one attached hydrogen (secondary N) is 2. The molecule has 20 heavy (non-hydrogen) atoms. The molecule has 4 heteroatoms. The van der Waals surface area contributed by atoms with Crippen molar-refractivity contribution < 1.29 is 9.53 Å². The highest BCUT2D eigenvalue weighted by molar-refractivity contribution is 5.78. The average molecular weight is 276 g/mol. The van der Waals surface area contributed by atoms with Crippen LogP contribution in [0.25, 0.3) is 0 Å². The number of carbonyl (C=O) groups is 1. The van der Waals surface area contributed by atoms with Crippen LogP contribution in [0.2, 0.25) is 0 Å². The predicted octanol–water partition coefficient (Wildman–Crippen LogP) is 2.32. The predicted molar refractivity (Wildman–Crippen MR) is 79.9 cm³/mol. The number of carbonyl (C=O) groups excluding carboxylic acids is 1. The number of amides is 1. The molecule has 0 saturated heterocycles. The molecule has 4 nitrogen and oxygen atoms in total. The lowest BCUT2D eigenvalue weighted by atomic mass is 10.1. The summed E-state index contributed by atoms with van der Waals surface area (Å²) < 4.78 is 5.59. The molecule has 110 valence electrons. The number of aryl methyl sites for hydroxylation is 1. The normalized spacial score (nSPS) is 15.8. The van der Waals surface area contributed by atoms with Gasteiger partial charge in [0, 0.05) is 12.1 Å². The number of ether oxygens (including phenoxy) is 1. The third-order valence-electron chi connectivity index (χ3n) is 3.51. The highest BCUT2D eigenvalue weighted by Gasteiger charge is 2.23. The highest BCUT2D eigenvalue weighted by atomic mass is 16.5. The van der Waals surface area contributed by atoms with Gasteiger partial charge in [-0.2, -0.15) is 0 Å². The van der Waals surface area contributed by atoms with Crippen LogP contribution in [0.4, 0.5) is 0 Å². The van der Waals surface area contributed by atoms with Gasteiger partial charge in [0.1, 0.15) is 5.75 Å². The lowest BCUT2D eigenvalue weighted by Crippen LogP contribution is -2.30. The van der Waals surface area contributed by atoms with E-state index in [2.05, 4.69) is 36.6 Å². The molecule has 1 unspecified atom stereocenters. The van der Waals surface area contributed by atoms with Gasteiger partial charge in [0.05, 0.1) is 0 Å². The van der Waals surface area contributed by atoms with Gasteiger partial charge in [0.2, 0.25) is 0 Å². The van der Waals surface area contributed by atoms with Crippen LogP contribution >= 0.6 is 0 Å². The summed E-state index contributed by atoms with van der Waals surface area (Å²) in [6.07, 6.45) is 2.20. The van der Waals surface area contributed by atoms with E-state index in [4.69, 9.17) is 4.74 Å². The fraction of sp³-hybridized carbons (Fsp3) is 0.562. The topological polar surface area (TPSA) is 50.4 Å². The van der Waals surface area contributed by atoms with Crippen molar-refractivity contribution in [3.05, 3.63) is 29.3 Å². The summed E-state index contributed by atoms with van der Waals surface area (Å²) in [6, 6.07) is 6.82. The third kappa shape index (κ3) is 4.23. The van der Waals surface area contributed by atoms with Crippen LogP contribution < -0.4 is 15.4 Å². The Morgan fingerprint density at radius 3 is 2.80 bits per heavy atom. The van der Waals surface area contributed by atoms with Gasteiger partial charge in [-0.25, -0.2) is 0 Å². The van der Waals surface area contributed by atoms with Gasteiger partial charge in [0.25, 0.3) is 5.91 Å². The Labute approximate surface area is 120 Å². The first-order chi connectivity index (χ1) is 9.60. The standard InChI is InChI=1S/C16H24N2O2/c1-4-17-12(3)13-5-8-15(11(2)9-13)20-10-16(19)18-14-6-7-14/h5,8-9,12,14,17H,4,6-7,10H2,1-3H3,(H,18,19). The summed E-state index contributed by atoms with van der Waals surface area (Å²) in [4.78, 5) is 11.6. The maximum Gasteiger partial charge on any atom is 0.258 e. The van der Waals surface area contributed by atoms with E-state index >= 15 is 0 Å². The summed E-state index contributed by atoms with van der Waals surface area (Å²) in [5.41, 5.74) is 2.30. The molecule has 2 rings (SSSR count). The van der Waals surface area contributed by atoms with Crippen LogP contribution in [0.5, 0.6) is 5.75 Å². The molecule has 1 aliphatic carbocycles. The second-order valence-corrected chi connectivity index (χ2v) is 5.43. The molecule has 0 bridgehead atoms. The number of rotatable bonds is 7. The zero-order chi connectivity index (χ0) is 14.5.